The quantitative estimate of drug-likeness (QED) is 0.633. The molecule has 0 saturated heterocycles. The minimum atomic E-state index is 0.0877. The molecule has 0 spiro atoms. The fraction of sp³-hybridized carbons (Fsp3) is 0.235. The van der Waals surface area contributed by atoms with Gasteiger partial charge in [-0.2, -0.15) is 0 Å². The summed E-state index contributed by atoms with van der Waals surface area (Å²) in [5, 5.41) is 7.58. The smallest absolute Gasteiger partial charge is 0.123 e. The predicted molar refractivity (Wildman–Crippen MR) is 91.5 cm³/mol. The lowest BCUT2D eigenvalue weighted by molar-refractivity contribution is 0.761. The SMILES string of the molecule is N=C(N)c1ccc(N2CCCCc3ccccc32)cc1Br. The number of halogens is 1. The number of fused-ring (bicyclic) bond motifs is 1. The van der Waals surface area contributed by atoms with Crippen molar-refractivity contribution in [2.24, 2.45) is 5.73 Å². The second kappa shape index (κ2) is 5.90. The molecular formula is C17H18BrN3. The van der Waals surface area contributed by atoms with E-state index >= 15 is 0 Å². The first-order chi connectivity index (χ1) is 10.2. The van der Waals surface area contributed by atoms with Crippen molar-refractivity contribution in [3.63, 3.8) is 0 Å². The van der Waals surface area contributed by atoms with Gasteiger partial charge in [-0.1, -0.05) is 18.2 Å². The standard InChI is InChI=1S/C17H18BrN3/c18-15-11-13(8-9-14(15)17(19)20)21-10-4-3-6-12-5-1-2-7-16(12)21/h1-2,5,7-9,11H,3-4,6,10H2,(H3,19,20). The minimum absolute atomic E-state index is 0.0877. The summed E-state index contributed by atoms with van der Waals surface area (Å²) in [5.41, 5.74) is 10.2. The van der Waals surface area contributed by atoms with Gasteiger partial charge < -0.3 is 10.6 Å². The number of nitrogens with one attached hydrogen (secondary N) is 1. The van der Waals surface area contributed by atoms with Crippen LogP contribution in [0.4, 0.5) is 11.4 Å². The summed E-state index contributed by atoms with van der Waals surface area (Å²) in [6, 6.07) is 14.6. The van der Waals surface area contributed by atoms with E-state index in [1.807, 2.05) is 12.1 Å². The molecule has 0 amide bonds. The number of anilines is 2. The summed E-state index contributed by atoms with van der Waals surface area (Å²) in [7, 11) is 0. The number of nitrogen functional groups attached to an aromatic ring is 1. The van der Waals surface area contributed by atoms with E-state index in [9.17, 15) is 0 Å². The molecule has 1 heterocycles. The molecule has 0 fully saturated rings. The molecule has 2 aromatic carbocycles. The van der Waals surface area contributed by atoms with Crippen LogP contribution in [0.5, 0.6) is 0 Å². The molecule has 0 unspecified atom stereocenters. The normalized spacial score (nSPS) is 14.4. The van der Waals surface area contributed by atoms with Gasteiger partial charge in [0.05, 0.1) is 0 Å². The predicted octanol–water partition coefficient (Wildman–Crippen LogP) is 4.21. The molecule has 0 saturated carbocycles. The number of hydrogen-bond donors (Lipinski definition) is 2. The Balaban J connectivity index is 2.04. The van der Waals surface area contributed by atoms with Gasteiger partial charge in [-0.25, -0.2) is 0 Å². The van der Waals surface area contributed by atoms with E-state index in [0.717, 1.165) is 28.7 Å². The third-order valence-corrected chi connectivity index (χ3v) is 4.57. The highest BCUT2D eigenvalue weighted by molar-refractivity contribution is 9.10. The van der Waals surface area contributed by atoms with Crippen LogP contribution in [0.25, 0.3) is 0 Å². The first-order valence-electron chi connectivity index (χ1n) is 7.16. The van der Waals surface area contributed by atoms with Crippen LogP contribution in [0.2, 0.25) is 0 Å². The van der Waals surface area contributed by atoms with Crippen LogP contribution in [0.1, 0.15) is 24.0 Å². The average Bonchev–Trinajstić information content (AvgIpc) is 2.69. The fourth-order valence-corrected chi connectivity index (χ4v) is 3.43. The number of benzene rings is 2. The molecule has 0 aliphatic carbocycles. The number of hydrogen-bond acceptors (Lipinski definition) is 2. The van der Waals surface area contributed by atoms with Crippen molar-refractivity contribution in [2.45, 2.75) is 19.3 Å². The molecule has 3 N–H and O–H groups in total. The molecule has 0 atom stereocenters. The molecule has 3 nitrogen and oxygen atoms in total. The van der Waals surface area contributed by atoms with Crippen molar-refractivity contribution in [3.8, 4) is 0 Å². The van der Waals surface area contributed by atoms with E-state index in [-0.39, 0.29) is 5.84 Å². The van der Waals surface area contributed by atoms with Gasteiger partial charge in [-0.05, 0) is 65.0 Å². The van der Waals surface area contributed by atoms with Crippen LogP contribution >= 0.6 is 15.9 Å². The Bertz CT molecular complexity index is 681. The lowest BCUT2D eigenvalue weighted by Crippen LogP contribution is -2.18. The maximum absolute atomic E-state index is 7.58. The zero-order valence-electron chi connectivity index (χ0n) is 11.8. The van der Waals surface area contributed by atoms with Crippen LogP contribution in [-0.2, 0) is 6.42 Å². The van der Waals surface area contributed by atoms with Gasteiger partial charge in [0.15, 0.2) is 0 Å². The molecule has 2 aromatic rings. The molecule has 0 aromatic heterocycles. The lowest BCUT2D eigenvalue weighted by atomic mass is 10.1. The van der Waals surface area contributed by atoms with Crippen LogP contribution in [0.15, 0.2) is 46.9 Å². The second-order valence-electron chi connectivity index (χ2n) is 5.32. The highest BCUT2D eigenvalue weighted by Crippen LogP contribution is 2.34. The Morgan fingerprint density at radius 3 is 2.71 bits per heavy atom. The summed E-state index contributed by atoms with van der Waals surface area (Å²) in [6.45, 7) is 1.02. The van der Waals surface area contributed by atoms with Crippen LogP contribution in [0, 0.1) is 5.41 Å². The van der Waals surface area contributed by atoms with E-state index in [1.165, 1.54) is 24.1 Å². The van der Waals surface area contributed by atoms with Crippen molar-refractivity contribution < 1.29 is 0 Å². The Morgan fingerprint density at radius 1 is 1.14 bits per heavy atom. The Labute approximate surface area is 133 Å². The van der Waals surface area contributed by atoms with Gasteiger partial charge in [-0.15, -0.1) is 0 Å². The number of aryl methyl sites for hydroxylation is 1. The topological polar surface area (TPSA) is 53.1 Å². The summed E-state index contributed by atoms with van der Waals surface area (Å²) in [4.78, 5) is 2.36. The van der Waals surface area contributed by atoms with Crippen LogP contribution in [-0.4, -0.2) is 12.4 Å². The lowest BCUT2D eigenvalue weighted by Gasteiger charge is -2.25. The Morgan fingerprint density at radius 2 is 1.95 bits per heavy atom. The molecule has 0 bridgehead atoms. The first kappa shape index (κ1) is 14.1. The van der Waals surface area contributed by atoms with Crippen molar-refractivity contribution in [1.29, 1.82) is 5.41 Å². The second-order valence-corrected chi connectivity index (χ2v) is 6.17. The zero-order valence-corrected chi connectivity index (χ0v) is 13.4. The number of nitrogens with zero attached hydrogens (tertiary/aromatic N) is 1. The molecule has 3 rings (SSSR count). The number of amidine groups is 1. The third-order valence-electron chi connectivity index (χ3n) is 3.91. The molecule has 1 aliphatic heterocycles. The highest BCUT2D eigenvalue weighted by Gasteiger charge is 2.17. The maximum Gasteiger partial charge on any atom is 0.123 e. The molecule has 108 valence electrons. The van der Waals surface area contributed by atoms with Gasteiger partial charge in [-0.3, -0.25) is 5.41 Å². The van der Waals surface area contributed by atoms with E-state index in [2.05, 4.69) is 51.2 Å². The van der Waals surface area contributed by atoms with Gasteiger partial charge >= 0.3 is 0 Å². The van der Waals surface area contributed by atoms with Gasteiger partial charge in [0.25, 0.3) is 0 Å². The minimum Gasteiger partial charge on any atom is -0.384 e. The van der Waals surface area contributed by atoms with Gasteiger partial charge in [0.2, 0.25) is 0 Å². The van der Waals surface area contributed by atoms with E-state index < -0.39 is 0 Å². The molecule has 4 heteroatoms. The molecule has 0 radical (unpaired) electrons. The highest BCUT2D eigenvalue weighted by atomic mass is 79.9. The number of nitrogens with two attached hydrogens (primary N) is 1. The van der Waals surface area contributed by atoms with Crippen molar-refractivity contribution in [3.05, 3.63) is 58.1 Å². The maximum atomic E-state index is 7.58. The summed E-state index contributed by atoms with van der Waals surface area (Å²) < 4.78 is 0.870. The first-order valence-corrected chi connectivity index (χ1v) is 7.95. The number of rotatable bonds is 2. The van der Waals surface area contributed by atoms with E-state index in [4.69, 9.17) is 11.1 Å². The number of para-hydroxylation sites is 1. The van der Waals surface area contributed by atoms with Crippen molar-refractivity contribution in [1.82, 2.24) is 0 Å². The third kappa shape index (κ3) is 2.81. The zero-order chi connectivity index (χ0) is 14.8. The van der Waals surface area contributed by atoms with Crippen molar-refractivity contribution in [2.75, 3.05) is 11.4 Å². The van der Waals surface area contributed by atoms with Crippen LogP contribution < -0.4 is 10.6 Å². The monoisotopic (exact) mass is 343 g/mol. The van der Waals surface area contributed by atoms with Gasteiger partial charge in [0, 0.05) is 28.0 Å². The van der Waals surface area contributed by atoms with E-state index in [0.29, 0.717) is 0 Å². The summed E-state index contributed by atoms with van der Waals surface area (Å²) >= 11 is 3.53. The van der Waals surface area contributed by atoms with E-state index in [1.54, 1.807) is 0 Å². The van der Waals surface area contributed by atoms with Gasteiger partial charge in [0.1, 0.15) is 5.84 Å². The Hall–Kier alpha value is -1.81. The fourth-order valence-electron chi connectivity index (χ4n) is 2.85. The Kier molecular flexibility index (Phi) is 3.97. The summed E-state index contributed by atoms with van der Waals surface area (Å²) in [5.74, 6) is 0.0877. The molecular weight excluding hydrogens is 326 g/mol. The van der Waals surface area contributed by atoms with Crippen LogP contribution in [0.3, 0.4) is 0 Å². The molecule has 1 aliphatic rings. The average molecular weight is 344 g/mol. The largest absolute Gasteiger partial charge is 0.384 e. The molecule has 21 heavy (non-hydrogen) atoms. The van der Waals surface area contributed by atoms with Crippen molar-refractivity contribution >= 4 is 33.1 Å². The summed E-state index contributed by atoms with van der Waals surface area (Å²) in [6.07, 6.45) is 3.54.